The van der Waals surface area contributed by atoms with Crippen molar-refractivity contribution in [1.82, 2.24) is 5.32 Å². The second-order valence-electron chi connectivity index (χ2n) is 5.09. The van der Waals surface area contributed by atoms with Gasteiger partial charge in [0.1, 0.15) is 23.7 Å². The Labute approximate surface area is 113 Å². The molecule has 4 heteroatoms. The molecule has 1 aliphatic carbocycles. The number of aryl methyl sites for hydroxylation is 1. The summed E-state index contributed by atoms with van der Waals surface area (Å²) < 4.78 is 18.9. The monoisotopic (exact) mass is 262 g/mol. The van der Waals surface area contributed by atoms with Gasteiger partial charge in [0.2, 0.25) is 0 Å². The van der Waals surface area contributed by atoms with Gasteiger partial charge in [-0.2, -0.15) is 5.26 Å². The van der Waals surface area contributed by atoms with Gasteiger partial charge >= 0.3 is 0 Å². The van der Waals surface area contributed by atoms with Gasteiger partial charge < -0.3 is 4.74 Å². The lowest BCUT2D eigenvalue weighted by Gasteiger charge is -2.27. The SMILES string of the molecule is CCNC(C#N)(COc1cc(F)ccc1C)C1CC1. The van der Waals surface area contributed by atoms with Gasteiger partial charge in [-0.1, -0.05) is 13.0 Å². The molecule has 0 heterocycles. The van der Waals surface area contributed by atoms with Crippen molar-refractivity contribution in [3.8, 4) is 11.8 Å². The molecule has 0 spiro atoms. The van der Waals surface area contributed by atoms with Crippen LogP contribution in [0, 0.1) is 30.0 Å². The number of nitrogens with zero attached hydrogens (tertiary/aromatic N) is 1. The van der Waals surface area contributed by atoms with Crippen molar-refractivity contribution < 1.29 is 9.13 Å². The van der Waals surface area contributed by atoms with Crippen LogP contribution in [0.25, 0.3) is 0 Å². The maximum absolute atomic E-state index is 13.2. The lowest BCUT2D eigenvalue weighted by atomic mass is 9.96. The Kier molecular flexibility index (Phi) is 4.06. The van der Waals surface area contributed by atoms with Crippen LogP contribution in [0.2, 0.25) is 0 Å². The van der Waals surface area contributed by atoms with Crippen molar-refractivity contribution in [3.05, 3.63) is 29.6 Å². The Morgan fingerprint density at radius 1 is 1.53 bits per heavy atom. The van der Waals surface area contributed by atoms with Gasteiger partial charge in [-0.3, -0.25) is 5.32 Å². The van der Waals surface area contributed by atoms with Crippen LogP contribution >= 0.6 is 0 Å². The van der Waals surface area contributed by atoms with Crippen molar-refractivity contribution in [2.75, 3.05) is 13.2 Å². The summed E-state index contributed by atoms with van der Waals surface area (Å²) >= 11 is 0. The highest BCUT2D eigenvalue weighted by molar-refractivity contribution is 5.33. The fraction of sp³-hybridized carbons (Fsp3) is 0.533. The molecule has 2 rings (SSSR count). The Balaban J connectivity index is 2.10. The quantitative estimate of drug-likeness (QED) is 0.857. The average molecular weight is 262 g/mol. The Morgan fingerprint density at radius 2 is 2.26 bits per heavy atom. The zero-order chi connectivity index (χ0) is 13.9. The molecular formula is C15H19FN2O. The van der Waals surface area contributed by atoms with Crippen LogP contribution < -0.4 is 10.1 Å². The standard InChI is InChI=1S/C15H19FN2O/c1-3-18-15(9-17,12-5-6-12)10-19-14-8-13(16)7-4-11(14)2/h4,7-8,12,18H,3,5-6,10H2,1-2H3. The lowest BCUT2D eigenvalue weighted by molar-refractivity contribution is 0.203. The zero-order valence-corrected chi connectivity index (χ0v) is 11.4. The van der Waals surface area contributed by atoms with E-state index in [0.29, 0.717) is 11.7 Å². The Morgan fingerprint density at radius 3 is 2.84 bits per heavy atom. The van der Waals surface area contributed by atoms with Crippen LogP contribution in [-0.4, -0.2) is 18.7 Å². The fourth-order valence-electron chi connectivity index (χ4n) is 2.29. The molecule has 1 aromatic carbocycles. The predicted molar refractivity (Wildman–Crippen MR) is 71.4 cm³/mol. The molecule has 1 aliphatic rings. The minimum absolute atomic E-state index is 0.256. The van der Waals surface area contributed by atoms with E-state index in [2.05, 4.69) is 11.4 Å². The number of nitrogens with one attached hydrogen (secondary N) is 1. The van der Waals surface area contributed by atoms with Crippen molar-refractivity contribution in [2.45, 2.75) is 32.2 Å². The van der Waals surface area contributed by atoms with Crippen LogP contribution in [0.1, 0.15) is 25.3 Å². The van der Waals surface area contributed by atoms with E-state index < -0.39 is 5.54 Å². The van der Waals surface area contributed by atoms with Gasteiger partial charge in [-0.25, -0.2) is 4.39 Å². The molecule has 0 amide bonds. The number of rotatable bonds is 6. The second kappa shape index (κ2) is 5.58. The minimum Gasteiger partial charge on any atom is -0.490 e. The molecule has 0 aliphatic heterocycles. The number of halogens is 1. The number of ether oxygens (including phenoxy) is 1. The third-order valence-electron chi connectivity index (χ3n) is 3.57. The predicted octanol–water partition coefficient (Wildman–Crippen LogP) is 2.79. The highest BCUT2D eigenvalue weighted by atomic mass is 19.1. The van der Waals surface area contributed by atoms with E-state index >= 15 is 0 Å². The molecule has 0 radical (unpaired) electrons. The maximum Gasteiger partial charge on any atom is 0.143 e. The van der Waals surface area contributed by atoms with E-state index in [1.807, 2.05) is 13.8 Å². The number of benzene rings is 1. The lowest BCUT2D eigenvalue weighted by Crippen LogP contribution is -2.50. The highest BCUT2D eigenvalue weighted by Gasteiger charge is 2.46. The largest absolute Gasteiger partial charge is 0.490 e. The molecule has 1 saturated carbocycles. The third-order valence-corrected chi connectivity index (χ3v) is 3.57. The summed E-state index contributed by atoms with van der Waals surface area (Å²) in [7, 11) is 0. The molecular weight excluding hydrogens is 243 g/mol. The first-order chi connectivity index (χ1) is 9.11. The van der Waals surface area contributed by atoms with E-state index in [4.69, 9.17) is 4.74 Å². The van der Waals surface area contributed by atoms with E-state index in [0.717, 1.165) is 24.9 Å². The van der Waals surface area contributed by atoms with E-state index in [9.17, 15) is 9.65 Å². The van der Waals surface area contributed by atoms with Crippen LogP contribution in [0.5, 0.6) is 5.75 Å². The van der Waals surface area contributed by atoms with E-state index in [1.54, 1.807) is 6.07 Å². The number of hydrogen-bond donors (Lipinski definition) is 1. The number of hydrogen-bond acceptors (Lipinski definition) is 3. The summed E-state index contributed by atoms with van der Waals surface area (Å²) in [4.78, 5) is 0. The number of nitriles is 1. The van der Waals surface area contributed by atoms with E-state index in [1.165, 1.54) is 12.1 Å². The zero-order valence-electron chi connectivity index (χ0n) is 11.4. The number of likely N-dealkylation sites (N-methyl/N-ethyl adjacent to an activating group) is 1. The maximum atomic E-state index is 13.2. The minimum atomic E-state index is -0.645. The first-order valence-corrected chi connectivity index (χ1v) is 6.66. The molecule has 1 N–H and O–H groups in total. The van der Waals surface area contributed by atoms with Gasteiger partial charge in [0.05, 0.1) is 6.07 Å². The smallest absolute Gasteiger partial charge is 0.143 e. The summed E-state index contributed by atoms with van der Waals surface area (Å²) in [5, 5.41) is 12.7. The van der Waals surface area contributed by atoms with Crippen LogP contribution in [-0.2, 0) is 0 Å². The van der Waals surface area contributed by atoms with Crippen LogP contribution in [0.4, 0.5) is 4.39 Å². The Bertz CT molecular complexity index is 493. The molecule has 0 saturated heterocycles. The van der Waals surface area contributed by atoms with Gasteiger partial charge in [0.25, 0.3) is 0 Å². The summed E-state index contributed by atoms with van der Waals surface area (Å²) in [5.74, 6) is 0.530. The molecule has 3 nitrogen and oxygen atoms in total. The summed E-state index contributed by atoms with van der Waals surface area (Å²) in [6.07, 6.45) is 2.10. The summed E-state index contributed by atoms with van der Waals surface area (Å²) in [6.45, 7) is 4.82. The molecule has 102 valence electrons. The molecule has 1 fully saturated rings. The molecule has 1 unspecified atom stereocenters. The fourth-order valence-corrected chi connectivity index (χ4v) is 2.29. The Hall–Kier alpha value is -1.60. The molecule has 19 heavy (non-hydrogen) atoms. The van der Waals surface area contributed by atoms with Crippen molar-refractivity contribution >= 4 is 0 Å². The topological polar surface area (TPSA) is 45.0 Å². The molecule has 0 aromatic heterocycles. The first kappa shape index (κ1) is 13.8. The summed E-state index contributed by atoms with van der Waals surface area (Å²) in [6, 6.07) is 6.82. The van der Waals surface area contributed by atoms with Gasteiger partial charge in [-0.05, 0) is 43.9 Å². The van der Waals surface area contributed by atoms with Crippen molar-refractivity contribution in [2.24, 2.45) is 5.92 Å². The van der Waals surface area contributed by atoms with Crippen molar-refractivity contribution in [3.63, 3.8) is 0 Å². The molecule has 1 atom stereocenters. The first-order valence-electron chi connectivity index (χ1n) is 6.66. The van der Waals surface area contributed by atoms with Crippen LogP contribution in [0.3, 0.4) is 0 Å². The van der Waals surface area contributed by atoms with Gasteiger partial charge in [0, 0.05) is 6.07 Å². The average Bonchev–Trinajstić information content (AvgIpc) is 3.23. The van der Waals surface area contributed by atoms with Crippen LogP contribution in [0.15, 0.2) is 18.2 Å². The van der Waals surface area contributed by atoms with E-state index in [-0.39, 0.29) is 12.4 Å². The second-order valence-corrected chi connectivity index (χ2v) is 5.09. The molecule has 1 aromatic rings. The van der Waals surface area contributed by atoms with Crippen molar-refractivity contribution in [1.29, 1.82) is 5.26 Å². The van der Waals surface area contributed by atoms with Gasteiger partial charge in [-0.15, -0.1) is 0 Å². The normalized spacial score (nSPS) is 17.6. The molecule has 0 bridgehead atoms. The summed E-state index contributed by atoms with van der Waals surface area (Å²) in [5.41, 5.74) is 0.230. The highest BCUT2D eigenvalue weighted by Crippen LogP contribution is 2.40. The van der Waals surface area contributed by atoms with Gasteiger partial charge in [0.15, 0.2) is 0 Å². The third kappa shape index (κ3) is 3.05.